The van der Waals surface area contributed by atoms with E-state index in [0.717, 1.165) is 54.8 Å². The average Bonchev–Trinajstić information content (AvgIpc) is 3.43. The third-order valence-corrected chi connectivity index (χ3v) is 8.81. The summed E-state index contributed by atoms with van der Waals surface area (Å²) in [5.74, 6) is -1.98. The number of aryl methyl sites for hydroxylation is 1. The van der Waals surface area contributed by atoms with Crippen LogP contribution < -0.4 is 10.3 Å². The summed E-state index contributed by atoms with van der Waals surface area (Å²) in [6.45, 7) is 3.03. The molecule has 2 N–H and O–H groups in total. The number of benzene rings is 1. The predicted molar refractivity (Wildman–Crippen MR) is 148 cm³/mol. The number of carbonyl (C=O) groups is 2. The van der Waals surface area contributed by atoms with Gasteiger partial charge in [-0.1, -0.05) is 6.07 Å². The van der Waals surface area contributed by atoms with Crippen LogP contribution in [0.15, 0.2) is 56.8 Å². The van der Waals surface area contributed by atoms with Gasteiger partial charge in [0.1, 0.15) is 5.75 Å². The Morgan fingerprint density at radius 1 is 1.15 bits per heavy atom. The Morgan fingerprint density at radius 2 is 1.88 bits per heavy atom. The molecule has 2 aromatic heterocycles. The average molecular weight is 601 g/mol. The normalized spacial score (nSPS) is 17.7. The van der Waals surface area contributed by atoms with Crippen molar-refractivity contribution in [3.05, 3.63) is 58.2 Å². The Balaban J connectivity index is 0.000000559. The number of ether oxygens (including phenoxy) is 1. The van der Waals surface area contributed by atoms with Crippen LogP contribution in [0, 0.1) is 11.8 Å². The summed E-state index contributed by atoms with van der Waals surface area (Å²) in [4.78, 5) is 35.7. The molecule has 2 unspecified atom stereocenters. The highest BCUT2D eigenvalue weighted by Crippen LogP contribution is 2.30. The van der Waals surface area contributed by atoms with Crippen LogP contribution in [0.3, 0.4) is 0 Å². The van der Waals surface area contributed by atoms with E-state index in [1.165, 1.54) is 4.21 Å². The number of pyridine rings is 1. The van der Waals surface area contributed by atoms with Gasteiger partial charge in [-0.2, -0.15) is 13.2 Å². The van der Waals surface area contributed by atoms with Gasteiger partial charge >= 0.3 is 18.1 Å². The molecule has 0 saturated carbocycles. The van der Waals surface area contributed by atoms with E-state index < -0.39 is 18.1 Å². The molecule has 13 heteroatoms. The molecule has 3 heterocycles. The number of carboxylic acid groups (broad SMARTS) is 2. The number of methoxy groups -OCH3 is 1. The fourth-order valence-corrected chi connectivity index (χ4v) is 6.52. The molecule has 0 aliphatic carbocycles. The zero-order valence-electron chi connectivity index (χ0n) is 21.8. The number of fused-ring (bicyclic) bond motifs is 1. The maximum absolute atomic E-state index is 12.5. The molecule has 40 heavy (non-hydrogen) atoms. The lowest BCUT2D eigenvalue weighted by Crippen LogP contribution is -2.44. The number of nitrogens with zero attached hydrogens (tertiary/aromatic N) is 2. The van der Waals surface area contributed by atoms with Gasteiger partial charge in [0, 0.05) is 37.5 Å². The van der Waals surface area contributed by atoms with Crippen LogP contribution in [0.4, 0.5) is 13.2 Å². The maximum atomic E-state index is 12.5. The number of rotatable bonds is 10. The van der Waals surface area contributed by atoms with Gasteiger partial charge in [0.25, 0.3) is 5.56 Å². The van der Waals surface area contributed by atoms with Gasteiger partial charge < -0.3 is 24.4 Å². The smallest absolute Gasteiger partial charge is 0.490 e. The summed E-state index contributed by atoms with van der Waals surface area (Å²) in [7, 11) is 1.62. The van der Waals surface area contributed by atoms with Crippen molar-refractivity contribution in [3.63, 3.8) is 0 Å². The molecule has 8 nitrogen and oxygen atoms in total. The largest absolute Gasteiger partial charge is 0.497 e. The van der Waals surface area contributed by atoms with E-state index in [0.29, 0.717) is 13.1 Å². The van der Waals surface area contributed by atoms with Gasteiger partial charge in [-0.15, -0.1) is 23.1 Å². The minimum atomic E-state index is -5.08. The number of thiophene rings is 1. The summed E-state index contributed by atoms with van der Waals surface area (Å²) < 4.78 is 40.2. The summed E-state index contributed by atoms with van der Waals surface area (Å²) in [5.41, 5.74) is 0.818. The standard InChI is InChI=1S/C25H30N2O4S2.C2HF3O2/c1-31-20-8-6-19-7-9-23(28)27(22(19)16-20)11-2-4-18-10-12-26(17-21(18)25(29)30)13-15-33-24-5-3-14-32-24;3-2(4,5)1(6)7/h3,5-9,14,16,18,21H,2,4,10-13,15,17H2,1H3,(H,29,30);(H,6,7). The van der Waals surface area contributed by atoms with Gasteiger partial charge in [0.05, 0.1) is 22.8 Å². The van der Waals surface area contributed by atoms with Crippen LogP contribution in [0.1, 0.15) is 19.3 Å². The predicted octanol–water partition coefficient (Wildman–Crippen LogP) is 5.30. The van der Waals surface area contributed by atoms with Crippen molar-refractivity contribution in [2.75, 3.05) is 32.5 Å². The Labute approximate surface area is 237 Å². The highest BCUT2D eigenvalue weighted by atomic mass is 32.2. The molecule has 0 radical (unpaired) electrons. The molecule has 3 aromatic rings. The number of alkyl halides is 3. The topological polar surface area (TPSA) is 109 Å². The fourth-order valence-electron chi connectivity index (χ4n) is 4.65. The molecule has 0 spiro atoms. The Bertz CT molecular complexity index is 1330. The van der Waals surface area contributed by atoms with E-state index in [2.05, 4.69) is 22.4 Å². The molecular weight excluding hydrogens is 569 g/mol. The van der Waals surface area contributed by atoms with Gasteiger partial charge in [-0.25, -0.2) is 4.79 Å². The van der Waals surface area contributed by atoms with Gasteiger partial charge in [-0.05, 0) is 66.8 Å². The van der Waals surface area contributed by atoms with Crippen molar-refractivity contribution in [2.24, 2.45) is 11.8 Å². The first-order chi connectivity index (χ1) is 19.0. The van der Waals surface area contributed by atoms with E-state index in [1.807, 2.05) is 36.0 Å². The van der Waals surface area contributed by atoms with Crippen LogP contribution in [0.25, 0.3) is 10.9 Å². The lowest BCUT2D eigenvalue weighted by Gasteiger charge is -2.36. The van der Waals surface area contributed by atoms with Crippen LogP contribution in [-0.2, 0) is 16.1 Å². The Kier molecular flexibility index (Phi) is 11.5. The summed E-state index contributed by atoms with van der Waals surface area (Å²) >= 11 is 3.58. The molecule has 4 rings (SSSR count). The minimum absolute atomic E-state index is 0.0383. The third kappa shape index (κ3) is 9.00. The number of aliphatic carboxylic acids is 2. The second kappa shape index (κ2) is 14.6. The van der Waals surface area contributed by atoms with Crippen molar-refractivity contribution in [1.82, 2.24) is 9.47 Å². The highest BCUT2D eigenvalue weighted by molar-refractivity contribution is 8.01. The number of aromatic nitrogens is 1. The number of carboxylic acids is 2. The summed E-state index contributed by atoms with van der Waals surface area (Å²) in [5, 5.41) is 20.1. The minimum Gasteiger partial charge on any atom is -0.497 e. The Hall–Kier alpha value is -3.03. The van der Waals surface area contributed by atoms with E-state index in [-0.39, 0.29) is 17.4 Å². The van der Waals surface area contributed by atoms with Gasteiger partial charge in [0.2, 0.25) is 0 Å². The summed E-state index contributed by atoms with van der Waals surface area (Å²) in [6, 6.07) is 13.4. The van der Waals surface area contributed by atoms with Crippen molar-refractivity contribution >= 4 is 45.9 Å². The van der Waals surface area contributed by atoms with Crippen molar-refractivity contribution in [2.45, 2.75) is 36.2 Å². The van der Waals surface area contributed by atoms with E-state index in [9.17, 15) is 27.9 Å². The first-order valence-electron chi connectivity index (χ1n) is 12.6. The molecule has 1 aliphatic rings. The fraction of sp³-hybridized carbons (Fsp3) is 0.444. The number of hydrogen-bond donors (Lipinski definition) is 2. The van der Waals surface area contributed by atoms with Crippen LogP contribution >= 0.6 is 23.1 Å². The molecule has 2 atom stereocenters. The van der Waals surface area contributed by atoms with Crippen LogP contribution in [-0.4, -0.2) is 70.3 Å². The number of thioether (sulfide) groups is 1. The first-order valence-corrected chi connectivity index (χ1v) is 14.4. The van der Waals surface area contributed by atoms with Crippen molar-refractivity contribution < 1.29 is 37.7 Å². The molecule has 1 fully saturated rings. The second-order valence-corrected chi connectivity index (χ2v) is 11.6. The molecule has 1 saturated heterocycles. The third-order valence-electron chi connectivity index (χ3n) is 6.70. The lowest BCUT2D eigenvalue weighted by atomic mass is 9.82. The molecule has 1 aliphatic heterocycles. The lowest BCUT2D eigenvalue weighted by molar-refractivity contribution is -0.192. The molecule has 0 bridgehead atoms. The Morgan fingerprint density at radius 3 is 2.50 bits per heavy atom. The molecule has 1 aromatic carbocycles. The van der Waals surface area contributed by atoms with Crippen LogP contribution in [0.2, 0.25) is 0 Å². The van der Waals surface area contributed by atoms with Gasteiger partial charge in [-0.3, -0.25) is 9.59 Å². The SMILES string of the molecule is COc1ccc2ccc(=O)n(CCCC3CCN(CCSc4cccs4)CC3C(=O)O)c2c1.O=C(O)C(F)(F)F. The quantitative estimate of drug-likeness (QED) is 0.302. The summed E-state index contributed by atoms with van der Waals surface area (Å²) in [6.07, 6.45) is -2.61. The molecular formula is C27H31F3N2O6S2. The first kappa shape index (κ1) is 31.5. The second-order valence-electron chi connectivity index (χ2n) is 9.27. The number of likely N-dealkylation sites (tertiary alicyclic amines) is 1. The maximum Gasteiger partial charge on any atom is 0.490 e. The zero-order valence-corrected chi connectivity index (χ0v) is 23.4. The van der Waals surface area contributed by atoms with Crippen molar-refractivity contribution in [3.8, 4) is 5.75 Å². The number of hydrogen-bond acceptors (Lipinski definition) is 7. The molecule has 218 valence electrons. The highest BCUT2D eigenvalue weighted by Gasteiger charge is 2.38. The van der Waals surface area contributed by atoms with E-state index in [4.69, 9.17) is 14.6 Å². The van der Waals surface area contributed by atoms with Gasteiger partial charge in [0.15, 0.2) is 0 Å². The molecule has 0 amide bonds. The number of halogens is 3. The van der Waals surface area contributed by atoms with E-state index in [1.54, 1.807) is 29.1 Å². The van der Waals surface area contributed by atoms with Crippen LogP contribution in [0.5, 0.6) is 5.75 Å². The number of piperidine rings is 1. The zero-order chi connectivity index (χ0) is 29.3. The van der Waals surface area contributed by atoms with E-state index >= 15 is 0 Å². The van der Waals surface area contributed by atoms with Crippen molar-refractivity contribution in [1.29, 1.82) is 0 Å². The monoisotopic (exact) mass is 600 g/mol.